The van der Waals surface area contributed by atoms with Gasteiger partial charge in [0.15, 0.2) is 0 Å². The number of carbonyl (C=O) groups is 2. The number of hydrogen-bond donors (Lipinski definition) is 1. The van der Waals surface area contributed by atoms with Gasteiger partial charge in [-0.15, -0.1) is 0 Å². The van der Waals surface area contributed by atoms with E-state index in [2.05, 4.69) is 6.92 Å². The Bertz CT molecular complexity index is 360. The van der Waals surface area contributed by atoms with Crippen LogP contribution in [0.5, 0.6) is 0 Å². The van der Waals surface area contributed by atoms with Crippen LogP contribution in [0.1, 0.15) is 33.6 Å². The Kier molecular flexibility index (Phi) is 2.71. The van der Waals surface area contributed by atoms with E-state index in [-0.39, 0.29) is 23.3 Å². The topological polar surface area (TPSA) is 57.6 Å². The monoisotopic (exact) mass is 239 g/mol. The molecule has 1 amide bonds. The first-order chi connectivity index (χ1) is 7.78. The van der Waals surface area contributed by atoms with E-state index in [0.717, 1.165) is 0 Å². The van der Waals surface area contributed by atoms with Gasteiger partial charge < -0.3 is 10.0 Å². The molecule has 96 valence electrons. The van der Waals surface area contributed by atoms with Crippen LogP contribution in [0.3, 0.4) is 0 Å². The van der Waals surface area contributed by atoms with Crippen LogP contribution >= 0.6 is 0 Å². The van der Waals surface area contributed by atoms with Crippen LogP contribution in [0.4, 0.5) is 0 Å². The molecule has 2 rings (SSSR count). The fourth-order valence-electron chi connectivity index (χ4n) is 2.87. The maximum atomic E-state index is 12.3. The van der Waals surface area contributed by atoms with E-state index in [1.165, 1.54) is 12.8 Å². The Hall–Kier alpha value is -1.06. The van der Waals surface area contributed by atoms with Crippen molar-refractivity contribution in [2.75, 3.05) is 7.05 Å². The summed E-state index contributed by atoms with van der Waals surface area (Å²) in [6.45, 7) is 5.79. The largest absolute Gasteiger partial charge is 0.481 e. The molecule has 3 atom stereocenters. The third-order valence-electron chi connectivity index (χ3n) is 4.62. The number of nitrogens with zero attached hydrogens (tertiary/aromatic N) is 1. The molecule has 1 unspecified atom stereocenters. The molecule has 2 saturated carbocycles. The number of rotatable bonds is 4. The average molecular weight is 239 g/mol. The zero-order valence-corrected chi connectivity index (χ0v) is 10.9. The summed E-state index contributed by atoms with van der Waals surface area (Å²) in [5.41, 5.74) is -0.388. The van der Waals surface area contributed by atoms with Gasteiger partial charge in [0.05, 0.1) is 11.8 Å². The highest BCUT2D eigenvalue weighted by atomic mass is 16.4. The quantitative estimate of drug-likeness (QED) is 0.810. The van der Waals surface area contributed by atoms with E-state index in [1.807, 2.05) is 13.8 Å². The molecule has 0 aliphatic heterocycles. The summed E-state index contributed by atoms with van der Waals surface area (Å²) in [6.07, 6.45) is 2.38. The second-order valence-corrected chi connectivity index (χ2v) is 6.14. The molecule has 17 heavy (non-hydrogen) atoms. The second kappa shape index (κ2) is 3.72. The van der Waals surface area contributed by atoms with Gasteiger partial charge >= 0.3 is 5.97 Å². The molecule has 0 spiro atoms. The molecule has 2 aliphatic rings. The lowest BCUT2D eigenvalue weighted by Gasteiger charge is -2.25. The summed E-state index contributed by atoms with van der Waals surface area (Å²) in [5, 5.41) is 9.08. The van der Waals surface area contributed by atoms with Gasteiger partial charge in [-0.1, -0.05) is 13.8 Å². The number of carboxylic acid groups (broad SMARTS) is 1. The van der Waals surface area contributed by atoms with Gasteiger partial charge in [-0.2, -0.15) is 0 Å². The van der Waals surface area contributed by atoms with E-state index >= 15 is 0 Å². The first-order valence-corrected chi connectivity index (χ1v) is 6.28. The normalized spacial score (nSPS) is 31.8. The van der Waals surface area contributed by atoms with Crippen molar-refractivity contribution in [2.24, 2.45) is 23.2 Å². The van der Waals surface area contributed by atoms with Crippen molar-refractivity contribution in [3.63, 3.8) is 0 Å². The van der Waals surface area contributed by atoms with Crippen LogP contribution in [0, 0.1) is 23.2 Å². The van der Waals surface area contributed by atoms with Gasteiger partial charge in [0.1, 0.15) is 0 Å². The molecule has 0 heterocycles. The zero-order chi connectivity index (χ0) is 13.0. The van der Waals surface area contributed by atoms with Crippen molar-refractivity contribution in [3.8, 4) is 0 Å². The maximum Gasteiger partial charge on any atom is 0.307 e. The smallest absolute Gasteiger partial charge is 0.307 e. The first-order valence-electron chi connectivity index (χ1n) is 6.28. The van der Waals surface area contributed by atoms with E-state index in [9.17, 15) is 9.59 Å². The minimum Gasteiger partial charge on any atom is -0.481 e. The van der Waals surface area contributed by atoms with Gasteiger partial charge in [-0.25, -0.2) is 0 Å². The summed E-state index contributed by atoms with van der Waals surface area (Å²) >= 11 is 0. The van der Waals surface area contributed by atoms with Crippen molar-refractivity contribution in [2.45, 2.75) is 39.7 Å². The van der Waals surface area contributed by atoms with Gasteiger partial charge in [0.2, 0.25) is 5.91 Å². The van der Waals surface area contributed by atoms with Crippen molar-refractivity contribution in [1.29, 1.82) is 0 Å². The summed E-state index contributed by atoms with van der Waals surface area (Å²) in [6, 6.07) is 0.244. The summed E-state index contributed by atoms with van der Waals surface area (Å²) in [5.74, 6) is -1.08. The summed E-state index contributed by atoms with van der Waals surface area (Å²) < 4.78 is 0. The van der Waals surface area contributed by atoms with Crippen LogP contribution in [-0.4, -0.2) is 35.0 Å². The molecular weight excluding hydrogens is 218 g/mol. The van der Waals surface area contributed by atoms with Crippen LogP contribution in [-0.2, 0) is 9.59 Å². The molecule has 0 bridgehead atoms. The molecular formula is C13H21NO3. The van der Waals surface area contributed by atoms with Crippen molar-refractivity contribution < 1.29 is 14.7 Å². The maximum absolute atomic E-state index is 12.3. The Labute approximate surface area is 102 Å². The van der Waals surface area contributed by atoms with E-state index < -0.39 is 11.9 Å². The molecule has 0 aromatic carbocycles. The lowest BCUT2D eigenvalue weighted by atomic mass is 10.1. The Balaban J connectivity index is 2.03. The van der Waals surface area contributed by atoms with Crippen LogP contribution < -0.4 is 0 Å². The molecule has 1 N–H and O–H groups in total. The van der Waals surface area contributed by atoms with Crippen molar-refractivity contribution >= 4 is 11.9 Å². The predicted molar refractivity (Wildman–Crippen MR) is 63.4 cm³/mol. The molecule has 2 fully saturated rings. The average Bonchev–Trinajstić information content (AvgIpc) is 3.09. The lowest BCUT2D eigenvalue weighted by molar-refractivity contribution is -0.142. The molecule has 0 aromatic rings. The Morgan fingerprint density at radius 2 is 1.82 bits per heavy atom. The van der Waals surface area contributed by atoms with Crippen LogP contribution in [0.15, 0.2) is 0 Å². The van der Waals surface area contributed by atoms with Crippen LogP contribution in [0.25, 0.3) is 0 Å². The summed E-state index contributed by atoms with van der Waals surface area (Å²) in [7, 11) is 1.80. The SMILES string of the molecule is CC(C1CC1)N(C)C(=O)[C@H]1[C@@H](C(=O)O)C1(C)C. The summed E-state index contributed by atoms with van der Waals surface area (Å²) in [4.78, 5) is 25.1. The third kappa shape index (κ3) is 1.94. The number of amides is 1. The Morgan fingerprint density at radius 3 is 2.18 bits per heavy atom. The third-order valence-corrected chi connectivity index (χ3v) is 4.62. The van der Waals surface area contributed by atoms with Gasteiger partial charge in [0, 0.05) is 13.1 Å². The molecule has 4 nitrogen and oxygen atoms in total. The number of aliphatic carboxylic acids is 1. The van der Waals surface area contributed by atoms with Crippen LogP contribution in [0.2, 0.25) is 0 Å². The molecule has 4 heteroatoms. The highest BCUT2D eigenvalue weighted by molar-refractivity contribution is 5.91. The highest BCUT2D eigenvalue weighted by Gasteiger charge is 2.66. The van der Waals surface area contributed by atoms with Crippen molar-refractivity contribution in [1.82, 2.24) is 4.90 Å². The van der Waals surface area contributed by atoms with Gasteiger partial charge in [-0.05, 0) is 31.1 Å². The number of carboxylic acids is 1. The molecule has 0 aromatic heterocycles. The molecule has 2 aliphatic carbocycles. The fourth-order valence-corrected chi connectivity index (χ4v) is 2.87. The van der Waals surface area contributed by atoms with Crippen molar-refractivity contribution in [3.05, 3.63) is 0 Å². The van der Waals surface area contributed by atoms with E-state index in [0.29, 0.717) is 5.92 Å². The van der Waals surface area contributed by atoms with Gasteiger partial charge in [-0.3, -0.25) is 9.59 Å². The number of carbonyl (C=O) groups excluding carboxylic acids is 1. The molecule has 0 radical (unpaired) electrons. The van der Waals surface area contributed by atoms with E-state index in [1.54, 1.807) is 11.9 Å². The van der Waals surface area contributed by atoms with E-state index in [4.69, 9.17) is 5.11 Å². The highest BCUT2D eigenvalue weighted by Crippen LogP contribution is 2.59. The predicted octanol–water partition coefficient (Wildman–Crippen LogP) is 1.60. The zero-order valence-electron chi connectivity index (χ0n) is 10.9. The second-order valence-electron chi connectivity index (χ2n) is 6.14. The minimum absolute atomic E-state index is 0.00167. The minimum atomic E-state index is -0.846. The molecule has 0 saturated heterocycles. The first kappa shape index (κ1) is 12.4. The van der Waals surface area contributed by atoms with Gasteiger partial charge in [0.25, 0.3) is 0 Å². The number of hydrogen-bond acceptors (Lipinski definition) is 2. The standard InChI is InChI=1S/C13H21NO3/c1-7(8-5-6-8)14(4)11(15)9-10(12(16)17)13(9,2)3/h7-10H,5-6H2,1-4H3,(H,16,17)/t7?,9-,10+/m1/s1. The lowest BCUT2D eigenvalue weighted by Crippen LogP contribution is -2.38. The fraction of sp³-hybridized carbons (Fsp3) is 0.846. The Morgan fingerprint density at radius 1 is 1.29 bits per heavy atom.